The van der Waals surface area contributed by atoms with E-state index in [9.17, 15) is 9.59 Å². The lowest BCUT2D eigenvalue weighted by Crippen LogP contribution is -2.35. The van der Waals surface area contributed by atoms with Crippen LogP contribution in [0.5, 0.6) is 0 Å². The van der Waals surface area contributed by atoms with Crippen molar-refractivity contribution >= 4 is 29.3 Å². The minimum absolute atomic E-state index is 0.0593. The first-order valence-electron chi connectivity index (χ1n) is 9.24. The molecule has 0 aromatic heterocycles. The molecule has 2 amide bonds. The number of hydrogen-bond acceptors (Lipinski definition) is 4. The van der Waals surface area contributed by atoms with E-state index in [1.54, 1.807) is 29.8 Å². The molecule has 27 heavy (non-hydrogen) atoms. The molecule has 0 bridgehead atoms. The third-order valence-corrected chi connectivity index (χ3v) is 5.97. The van der Waals surface area contributed by atoms with E-state index in [-0.39, 0.29) is 11.8 Å². The zero-order valence-electron chi connectivity index (χ0n) is 16.0. The molecule has 0 unspecified atom stereocenters. The van der Waals surface area contributed by atoms with Crippen molar-refractivity contribution in [1.82, 2.24) is 10.2 Å². The van der Waals surface area contributed by atoms with Crippen molar-refractivity contribution in [2.75, 3.05) is 38.1 Å². The zero-order chi connectivity index (χ0) is 19.4. The Morgan fingerprint density at radius 2 is 1.85 bits per heavy atom. The molecule has 1 aliphatic heterocycles. The maximum atomic E-state index is 12.8. The lowest BCUT2D eigenvalue weighted by atomic mass is 10.1. The predicted octanol–water partition coefficient (Wildman–Crippen LogP) is 3.50. The lowest BCUT2D eigenvalue weighted by molar-refractivity contribution is 0.0946. The van der Waals surface area contributed by atoms with Crippen LogP contribution in [0.3, 0.4) is 0 Å². The third-order valence-electron chi connectivity index (χ3n) is 4.83. The Morgan fingerprint density at radius 3 is 2.59 bits per heavy atom. The highest BCUT2D eigenvalue weighted by Gasteiger charge is 2.25. The summed E-state index contributed by atoms with van der Waals surface area (Å²) in [6, 6.07) is 13.1. The van der Waals surface area contributed by atoms with Crippen LogP contribution in [-0.4, -0.2) is 49.9 Å². The van der Waals surface area contributed by atoms with Crippen LogP contribution < -0.4 is 10.2 Å². The van der Waals surface area contributed by atoms with Gasteiger partial charge in [0.15, 0.2) is 0 Å². The van der Waals surface area contributed by atoms with E-state index in [4.69, 9.17) is 0 Å². The molecule has 0 atom stereocenters. The van der Waals surface area contributed by atoms with Crippen molar-refractivity contribution in [3.63, 3.8) is 0 Å². The summed E-state index contributed by atoms with van der Waals surface area (Å²) in [6.45, 7) is 7.59. The number of fused-ring (bicyclic) bond motifs is 2. The molecule has 142 valence electrons. The Kier molecular flexibility index (Phi) is 6.19. The summed E-state index contributed by atoms with van der Waals surface area (Å²) >= 11 is 1.56. The Labute approximate surface area is 164 Å². The van der Waals surface area contributed by atoms with Gasteiger partial charge in [-0.2, -0.15) is 0 Å². The summed E-state index contributed by atoms with van der Waals surface area (Å²) in [4.78, 5) is 31.1. The van der Waals surface area contributed by atoms with Gasteiger partial charge in [0.1, 0.15) is 0 Å². The largest absolute Gasteiger partial charge is 0.351 e. The van der Waals surface area contributed by atoms with Gasteiger partial charge in [-0.1, -0.05) is 37.7 Å². The number of hydrogen-bond donors (Lipinski definition) is 1. The number of carbonyl (C=O) groups excluding carboxylic acids is 2. The van der Waals surface area contributed by atoms with Gasteiger partial charge in [-0.15, -0.1) is 0 Å². The van der Waals surface area contributed by atoms with Gasteiger partial charge in [0.05, 0.1) is 11.3 Å². The fourth-order valence-corrected chi connectivity index (χ4v) is 4.20. The van der Waals surface area contributed by atoms with Gasteiger partial charge < -0.3 is 15.1 Å². The molecule has 5 nitrogen and oxygen atoms in total. The molecule has 0 spiro atoms. The van der Waals surface area contributed by atoms with Crippen LogP contribution in [0, 0.1) is 0 Å². The molecule has 0 saturated heterocycles. The normalized spacial score (nSPS) is 13.2. The van der Waals surface area contributed by atoms with Gasteiger partial charge in [-0.3, -0.25) is 9.59 Å². The summed E-state index contributed by atoms with van der Waals surface area (Å²) in [5, 5.41) is 2.97. The predicted molar refractivity (Wildman–Crippen MR) is 110 cm³/mol. The van der Waals surface area contributed by atoms with Gasteiger partial charge in [-0.05, 0) is 43.4 Å². The zero-order valence-corrected chi connectivity index (χ0v) is 16.8. The SMILES string of the molecule is CCN(CC)CCNC(=O)c1ccc2c(c1)N(C)C(=O)c1ccccc1S2. The molecule has 6 heteroatoms. The van der Waals surface area contributed by atoms with E-state index in [0.29, 0.717) is 17.7 Å². The molecule has 0 radical (unpaired) electrons. The molecule has 0 saturated carbocycles. The van der Waals surface area contributed by atoms with E-state index >= 15 is 0 Å². The minimum Gasteiger partial charge on any atom is -0.351 e. The van der Waals surface area contributed by atoms with Crippen LogP contribution in [0.25, 0.3) is 0 Å². The monoisotopic (exact) mass is 383 g/mol. The molecule has 0 fully saturated rings. The quantitative estimate of drug-likeness (QED) is 0.830. The number of rotatable bonds is 6. The number of nitrogens with one attached hydrogen (secondary N) is 1. The second-order valence-corrected chi connectivity index (χ2v) is 7.51. The minimum atomic E-state index is -0.113. The van der Waals surface area contributed by atoms with Crippen molar-refractivity contribution in [2.24, 2.45) is 0 Å². The fourth-order valence-electron chi connectivity index (χ4n) is 3.12. The summed E-state index contributed by atoms with van der Waals surface area (Å²) < 4.78 is 0. The van der Waals surface area contributed by atoms with E-state index in [2.05, 4.69) is 24.1 Å². The summed E-state index contributed by atoms with van der Waals surface area (Å²) in [6.07, 6.45) is 0. The van der Waals surface area contributed by atoms with Gasteiger partial charge in [0, 0.05) is 35.5 Å². The van der Waals surface area contributed by atoms with Crippen molar-refractivity contribution in [3.05, 3.63) is 53.6 Å². The average Bonchev–Trinajstić information content (AvgIpc) is 2.80. The first-order valence-corrected chi connectivity index (χ1v) is 10.1. The van der Waals surface area contributed by atoms with Gasteiger partial charge in [-0.25, -0.2) is 0 Å². The third kappa shape index (κ3) is 4.17. The van der Waals surface area contributed by atoms with Crippen LogP contribution in [0.1, 0.15) is 34.6 Å². The van der Waals surface area contributed by atoms with Crippen LogP contribution >= 0.6 is 11.8 Å². The van der Waals surface area contributed by atoms with Crippen LogP contribution in [0.2, 0.25) is 0 Å². The van der Waals surface area contributed by atoms with Crippen LogP contribution in [-0.2, 0) is 0 Å². The van der Waals surface area contributed by atoms with Crippen molar-refractivity contribution < 1.29 is 9.59 Å². The Bertz CT molecular complexity index is 849. The maximum absolute atomic E-state index is 12.8. The van der Waals surface area contributed by atoms with Gasteiger partial charge >= 0.3 is 0 Å². The molecule has 0 aliphatic carbocycles. The van der Waals surface area contributed by atoms with Crippen LogP contribution in [0.4, 0.5) is 5.69 Å². The highest BCUT2D eigenvalue weighted by molar-refractivity contribution is 7.99. The molecule has 2 aromatic carbocycles. The fraction of sp³-hybridized carbons (Fsp3) is 0.333. The summed E-state index contributed by atoms with van der Waals surface area (Å²) in [7, 11) is 1.76. The van der Waals surface area contributed by atoms with E-state index in [1.165, 1.54) is 0 Å². The van der Waals surface area contributed by atoms with Crippen molar-refractivity contribution in [3.8, 4) is 0 Å². The number of amides is 2. The van der Waals surface area contributed by atoms with E-state index in [1.807, 2.05) is 36.4 Å². The number of carbonyl (C=O) groups is 2. The van der Waals surface area contributed by atoms with E-state index in [0.717, 1.165) is 35.1 Å². The highest BCUT2D eigenvalue weighted by Crippen LogP contribution is 2.41. The van der Waals surface area contributed by atoms with Crippen molar-refractivity contribution in [1.29, 1.82) is 0 Å². The molecule has 2 aromatic rings. The first-order chi connectivity index (χ1) is 13.0. The summed E-state index contributed by atoms with van der Waals surface area (Å²) in [5.41, 5.74) is 2.02. The van der Waals surface area contributed by atoms with Gasteiger partial charge in [0.2, 0.25) is 0 Å². The van der Waals surface area contributed by atoms with Crippen molar-refractivity contribution in [2.45, 2.75) is 23.6 Å². The second-order valence-electron chi connectivity index (χ2n) is 6.43. The molecular formula is C21H25N3O2S. The number of likely N-dealkylation sites (N-methyl/N-ethyl adjacent to an activating group) is 1. The Morgan fingerprint density at radius 1 is 1.11 bits per heavy atom. The molecule has 1 N–H and O–H groups in total. The lowest BCUT2D eigenvalue weighted by Gasteiger charge is -2.19. The second kappa shape index (κ2) is 8.59. The Balaban J connectivity index is 1.79. The van der Waals surface area contributed by atoms with Gasteiger partial charge in [0.25, 0.3) is 11.8 Å². The average molecular weight is 384 g/mol. The Hall–Kier alpha value is -2.31. The van der Waals surface area contributed by atoms with E-state index < -0.39 is 0 Å². The molecule has 1 heterocycles. The van der Waals surface area contributed by atoms with Crippen LogP contribution in [0.15, 0.2) is 52.3 Å². The molecular weight excluding hydrogens is 358 g/mol. The number of nitrogens with zero attached hydrogens (tertiary/aromatic N) is 2. The first kappa shape index (κ1) is 19.5. The number of anilines is 1. The summed E-state index contributed by atoms with van der Waals surface area (Å²) in [5.74, 6) is -0.173. The standard InChI is InChI=1S/C21H25N3O2S/c1-4-24(5-2)13-12-22-20(25)15-10-11-19-17(14-15)23(3)21(26)16-8-6-7-9-18(16)27-19/h6-11,14H,4-5,12-13H2,1-3H3,(H,22,25). The smallest absolute Gasteiger partial charge is 0.259 e. The molecule has 3 rings (SSSR count). The maximum Gasteiger partial charge on any atom is 0.259 e. The molecule has 1 aliphatic rings. The highest BCUT2D eigenvalue weighted by atomic mass is 32.2. The topological polar surface area (TPSA) is 52.7 Å². The number of benzene rings is 2.